The van der Waals surface area contributed by atoms with Crippen LogP contribution in [0.1, 0.15) is 20.8 Å². The van der Waals surface area contributed by atoms with Gasteiger partial charge in [0.25, 0.3) is 0 Å². The van der Waals surface area contributed by atoms with Gasteiger partial charge in [-0.15, -0.1) is 12.6 Å². The van der Waals surface area contributed by atoms with Gasteiger partial charge in [0.05, 0.1) is 5.41 Å². The molecular weight excluding hydrogens is 136 g/mol. The Hall–Kier alpha value is -0.180. The molecule has 0 saturated heterocycles. The zero-order valence-corrected chi connectivity index (χ0v) is 6.87. The van der Waals surface area contributed by atoms with Crippen LogP contribution in [0, 0.1) is 5.41 Å². The molecule has 9 heavy (non-hydrogen) atoms. The largest absolute Gasteiger partial charge is 0.454 e. The molecule has 0 saturated carbocycles. The van der Waals surface area contributed by atoms with Crippen LogP contribution in [0.2, 0.25) is 0 Å². The van der Waals surface area contributed by atoms with Gasteiger partial charge in [-0.2, -0.15) is 0 Å². The summed E-state index contributed by atoms with van der Waals surface area (Å²) < 4.78 is 4.63. The third kappa shape index (κ3) is 3.40. The Balaban J connectivity index is 3.74. The molecule has 0 aliphatic carbocycles. The summed E-state index contributed by atoms with van der Waals surface area (Å²) in [5.41, 5.74) is -0.400. The fourth-order valence-corrected chi connectivity index (χ4v) is 0.392. The van der Waals surface area contributed by atoms with E-state index in [1.54, 1.807) is 20.8 Å². The number of ether oxygens (including phenoxy) is 1. The monoisotopic (exact) mass is 148 g/mol. The molecule has 0 heterocycles. The van der Waals surface area contributed by atoms with Crippen molar-refractivity contribution < 1.29 is 9.53 Å². The first-order valence-corrected chi connectivity index (χ1v) is 3.40. The van der Waals surface area contributed by atoms with E-state index in [2.05, 4.69) is 17.4 Å². The van der Waals surface area contributed by atoms with Crippen molar-refractivity contribution in [2.45, 2.75) is 20.8 Å². The van der Waals surface area contributed by atoms with Crippen molar-refractivity contribution >= 4 is 18.6 Å². The van der Waals surface area contributed by atoms with Crippen LogP contribution < -0.4 is 0 Å². The molecule has 0 spiro atoms. The molecule has 0 N–H and O–H groups in total. The lowest BCUT2D eigenvalue weighted by atomic mass is 9.98. The summed E-state index contributed by atoms with van der Waals surface area (Å²) in [5, 5.41) is 0. The highest BCUT2D eigenvalue weighted by Crippen LogP contribution is 2.14. The molecule has 0 aromatic carbocycles. The standard InChI is InChI=1S/C6H12O2S/c1-6(2,3)5(7)8-4-9/h9H,4H2,1-3H3. The minimum atomic E-state index is -0.400. The highest BCUT2D eigenvalue weighted by atomic mass is 32.1. The maximum atomic E-state index is 10.8. The lowest BCUT2D eigenvalue weighted by Crippen LogP contribution is -2.22. The minimum absolute atomic E-state index is 0.163. The van der Waals surface area contributed by atoms with Crippen LogP contribution in [-0.2, 0) is 9.53 Å². The molecule has 0 amide bonds. The molecule has 54 valence electrons. The van der Waals surface area contributed by atoms with Crippen LogP contribution in [0.25, 0.3) is 0 Å². The number of esters is 1. The van der Waals surface area contributed by atoms with Crippen LogP contribution in [0.3, 0.4) is 0 Å². The lowest BCUT2D eigenvalue weighted by Gasteiger charge is -2.14. The van der Waals surface area contributed by atoms with Crippen molar-refractivity contribution in [2.24, 2.45) is 5.41 Å². The molecule has 2 nitrogen and oxygen atoms in total. The molecule has 0 aromatic heterocycles. The van der Waals surface area contributed by atoms with E-state index in [1.807, 2.05) is 0 Å². The SMILES string of the molecule is CC(C)(C)C(=O)OCS. The first kappa shape index (κ1) is 8.82. The smallest absolute Gasteiger partial charge is 0.312 e. The Morgan fingerprint density at radius 2 is 2.00 bits per heavy atom. The molecule has 3 heteroatoms. The zero-order valence-electron chi connectivity index (χ0n) is 5.97. The lowest BCUT2D eigenvalue weighted by molar-refractivity contribution is -0.150. The van der Waals surface area contributed by atoms with Crippen LogP contribution in [0.4, 0.5) is 0 Å². The van der Waals surface area contributed by atoms with E-state index in [4.69, 9.17) is 0 Å². The third-order valence-electron chi connectivity index (χ3n) is 0.808. The number of rotatable bonds is 1. The van der Waals surface area contributed by atoms with Gasteiger partial charge in [0.15, 0.2) is 0 Å². The second-order valence-electron chi connectivity index (χ2n) is 2.81. The summed E-state index contributed by atoms with van der Waals surface area (Å²) in [6.07, 6.45) is 0. The van der Waals surface area contributed by atoms with Gasteiger partial charge in [-0.1, -0.05) is 0 Å². The van der Waals surface area contributed by atoms with Crippen LogP contribution in [0.5, 0.6) is 0 Å². The van der Waals surface area contributed by atoms with Crippen molar-refractivity contribution in [3.8, 4) is 0 Å². The molecule has 0 atom stereocenters. The summed E-state index contributed by atoms with van der Waals surface area (Å²) in [5.74, 6) is -0.0478. The minimum Gasteiger partial charge on any atom is -0.454 e. The van der Waals surface area contributed by atoms with Gasteiger partial charge >= 0.3 is 5.97 Å². The maximum absolute atomic E-state index is 10.8. The highest BCUT2D eigenvalue weighted by molar-refractivity contribution is 7.80. The van der Waals surface area contributed by atoms with E-state index >= 15 is 0 Å². The van der Waals surface area contributed by atoms with Crippen LogP contribution in [-0.4, -0.2) is 11.9 Å². The second kappa shape index (κ2) is 3.11. The Bertz CT molecular complexity index is 104. The average Bonchev–Trinajstić information content (AvgIpc) is 1.64. The van der Waals surface area contributed by atoms with E-state index in [-0.39, 0.29) is 11.9 Å². The number of thiol groups is 1. The van der Waals surface area contributed by atoms with Gasteiger partial charge in [0.1, 0.15) is 5.94 Å². The van der Waals surface area contributed by atoms with E-state index in [0.717, 1.165) is 0 Å². The van der Waals surface area contributed by atoms with Crippen molar-refractivity contribution in [2.75, 3.05) is 5.94 Å². The molecule has 0 aromatic rings. The molecule has 0 unspecified atom stereocenters. The molecule has 0 bridgehead atoms. The molecule has 0 aliphatic heterocycles. The second-order valence-corrected chi connectivity index (χ2v) is 3.07. The van der Waals surface area contributed by atoms with E-state index < -0.39 is 5.41 Å². The van der Waals surface area contributed by atoms with Crippen LogP contribution >= 0.6 is 12.6 Å². The van der Waals surface area contributed by atoms with Gasteiger partial charge < -0.3 is 4.74 Å². The quantitative estimate of drug-likeness (QED) is 0.346. The van der Waals surface area contributed by atoms with E-state index in [1.165, 1.54) is 0 Å². The van der Waals surface area contributed by atoms with Crippen molar-refractivity contribution in [1.82, 2.24) is 0 Å². The Morgan fingerprint density at radius 1 is 1.56 bits per heavy atom. The van der Waals surface area contributed by atoms with Gasteiger partial charge in [-0.05, 0) is 20.8 Å². The maximum Gasteiger partial charge on any atom is 0.312 e. The van der Waals surface area contributed by atoms with Crippen molar-refractivity contribution in [1.29, 1.82) is 0 Å². The number of hydrogen-bond donors (Lipinski definition) is 1. The molecule has 0 fully saturated rings. The number of hydrogen-bond acceptors (Lipinski definition) is 3. The van der Waals surface area contributed by atoms with Gasteiger partial charge in [-0.3, -0.25) is 4.79 Å². The summed E-state index contributed by atoms with van der Waals surface area (Å²) >= 11 is 3.75. The van der Waals surface area contributed by atoms with Crippen LogP contribution in [0.15, 0.2) is 0 Å². The van der Waals surface area contributed by atoms with Crippen molar-refractivity contribution in [3.05, 3.63) is 0 Å². The van der Waals surface area contributed by atoms with Crippen molar-refractivity contribution in [3.63, 3.8) is 0 Å². The van der Waals surface area contributed by atoms with Gasteiger partial charge in [0.2, 0.25) is 0 Å². The normalized spacial score (nSPS) is 11.1. The Labute approximate surface area is 61.0 Å². The van der Waals surface area contributed by atoms with Gasteiger partial charge in [0, 0.05) is 0 Å². The molecule has 0 aliphatic rings. The predicted octanol–water partition coefficient (Wildman–Crippen LogP) is 1.46. The average molecular weight is 148 g/mol. The first-order valence-electron chi connectivity index (χ1n) is 2.76. The van der Waals surface area contributed by atoms with E-state index in [0.29, 0.717) is 0 Å². The first-order chi connectivity index (χ1) is 3.98. The fourth-order valence-electron chi connectivity index (χ4n) is 0.275. The third-order valence-corrected chi connectivity index (χ3v) is 0.937. The molecular formula is C6H12O2S. The summed E-state index contributed by atoms with van der Waals surface area (Å²) in [4.78, 5) is 10.8. The summed E-state index contributed by atoms with van der Waals surface area (Å²) in [6, 6.07) is 0. The Morgan fingerprint density at radius 3 is 2.11 bits per heavy atom. The summed E-state index contributed by atoms with van der Waals surface area (Å²) in [7, 11) is 0. The summed E-state index contributed by atoms with van der Waals surface area (Å²) in [6.45, 7) is 5.41. The Kier molecular flexibility index (Phi) is 3.04. The number of carbonyl (C=O) groups is 1. The molecule has 0 rings (SSSR count). The molecule has 0 radical (unpaired) electrons. The van der Waals surface area contributed by atoms with Gasteiger partial charge in [-0.25, -0.2) is 0 Å². The highest BCUT2D eigenvalue weighted by Gasteiger charge is 2.22. The zero-order chi connectivity index (χ0) is 7.49. The van der Waals surface area contributed by atoms with E-state index in [9.17, 15) is 4.79 Å². The predicted molar refractivity (Wildman–Crippen MR) is 39.4 cm³/mol. The fraction of sp³-hybridized carbons (Fsp3) is 0.833. The number of carbonyl (C=O) groups excluding carboxylic acids is 1. The topological polar surface area (TPSA) is 26.3 Å².